The summed E-state index contributed by atoms with van der Waals surface area (Å²) in [5, 5.41) is 37.4. The van der Waals surface area contributed by atoms with Gasteiger partial charge in [-0.25, -0.2) is 29.1 Å². The number of Topliss-reactive ketones (excluding diaryl/α,β-unsaturated/α-hetero) is 1. The molecule has 140 heavy (non-hydrogen) atoms. The van der Waals surface area contributed by atoms with E-state index in [4.69, 9.17) is 45.2 Å². The van der Waals surface area contributed by atoms with Crippen LogP contribution in [0.5, 0.6) is 0 Å². The SMILES string of the molecule is Cc1cn(CC(=O)N(CCNC(=O)CN(CCNC(C)(C)C)C(=O)Cn2ccc(N)nc2=O)CC(=O)N[C@@H](CCCCNC(=N)N)CN(CC(=O)NCCN(CC(=O)NCCN(CC(=O)N[C@@H](CCCCNC(=N)N)CN(CC(=O)C(C)(C)C)C(=O)Cn2cnc3c(=O)[nH]c(N)nc32)C(=O)Cn2cc(C)c(=O)[nH]c2=O)C(=O)Cn2ccc(N)nc2=O)C(=O)Cn2cnc3c(=O)[nH]c(N)nc32)c(=O)[nH]c1=O. The van der Waals surface area contributed by atoms with Crippen molar-refractivity contribution in [1.29, 1.82) is 10.8 Å². The highest BCUT2D eigenvalue weighted by Crippen LogP contribution is 2.19. The number of aromatic nitrogens is 16. The number of aromatic amines is 4. The Balaban J connectivity index is 1.04. The third kappa shape index (κ3) is 34.3. The van der Waals surface area contributed by atoms with Crippen molar-refractivity contribution in [1.82, 2.24) is 149 Å². The quantitative estimate of drug-likeness (QED) is 0.00956. The number of unbranched alkanes of at least 4 members (excludes halogenated alkanes) is 2. The van der Waals surface area contributed by atoms with Crippen LogP contribution in [0.2, 0.25) is 0 Å². The standard InChI is InChI=1S/C82H120N38O20/c1-47-29-117(79(139)107-69(47)133)41-61(129)110(37-57(125)99-49(13-9-11-17-94-73(85)86)31-115(33-51(121)81(3,4)5)63(131)43-119-45-96-65-67(119)103-75(89)105-71(65)135)26-20-91-54(122)34-109(59(127)39-113-23-15-52(83)101-77(113)137)25-19-93-56(124)36-116(64(132)44-120-46-97-66-68(120)104-76(90)106-72(66)136)32-50(14-10-12-18-95-74(87)88)100-58(126)38-111(62(130)42-118-30-48(2)70(134)108-80(118)140)27-21-92-55(123)35-112(28-22-98-82(6,7)8)60(128)40-114-24-16-53(84)102-78(114)138/h15-16,23-24,29-30,45-46,49-50,98H,9-14,17-22,25-28,31-44H2,1-8H3,(H,91,122)(H,92,123)(H,93,124)(H,99,125)(H,100,126)(H2,83,101,137)(H2,84,102,138)(H4,85,86,94)(H4,87,88,95)(H,107,133,139)(H,108,134,140)(H3,89,103,105,135)(H3,90,104,106,136)/t49-,50-/m0/s1. The highest BCUT2D eigenvalue weighted by molar-refractivity contribution is 5.92. The van der Waals surface area contributed by atoms with Crippen molar-refractivity contribution < 1.29 is 57.5 Å². The third-order valence-corrected chi connectivity index (χ3v) is 21.3. The molecule has 11 amide bonds. The number of hydrogen-bond donors (Lipinski definition) is 20. The Morgan fingerprint density at radius 1 is 0.400 bits per heavy atom. The summed E-state index contributed by atoms with van der Waals surface area (Å²) in [7, 11) is 0. The molecule has 0 unspecified atom stereocenters. The molecule has 8 heterocycles. The molecule has 58 heteroatoms. The number of amides is 11. The van der Waals surface area contributed by atoms with Gasteiger partial charge in [-0.3, -0.25) is 126 Å². The van der Waals surface area contributed by atoms with Crippen molar-refractivity contribution in [2.75, 3.05) is 141 Å². The monoisotopic (exact) mass is 1960 g/mol. The van der Waals surface area contributed by atoms with Crippen LogP contribution in [0, 0.1) is 30.1 Å². The van der Waals surface area contributed by atoms with E-state index in [9.17, 15) is 91.1 Å². The number of guanidine groups is 2. The minimum atomic E-state index is -1.18. The zero-order chi connectivity index (χ0) is 103. The van der Waals surface area contributed by atoms with Gasteiger partial charge >= 0.3 is 22.8 Å². The Kier molecular flexibility index (Phi) is 39.0. The lowest BCUT2D eigenvalue weighted by Crippen LogP contribution is -2.53. The maximum Gasteiger partial charge on any atom is 0.349 e. The summed E-state index contributed by atoms with van der Waals surface area (Å²) in [5.41, 5.74) is 25.5. The number of aryl methyl sites for hydroxylation is 2. The lowest BCUT2D eigenvalue weighted by molar-refractivity contribution is -0.139. The first-order valence-electron chi connectivity index (χ1n) is 44.1. The molecule has 0 aromatic carbocycles. The van der Waals surface area contributed by atoms with Crippen molar-refractivity contribution in [3.63, 3.8) is 0 Å². The molecule has 0 spiro atoms. The van der Waals surface area contributed by atoms with E-state index in [1.165, 1.54) is 52.9 Å². The molecule has 8 aromatic heterocycles. The first-order valence-corrected chi connectivity index (χ1v) is 44.1. The highest BCUT2D eigenvalue weighted by Gasteiger charge is 2.33. The summed E-state index contributed by atoms with van der Waals surface area (Å²) in [6, 6.07) is 0.319. The zero-order valence-electron chi connectivity index (χ0n) is 78.7. The second-order valence-electron chi connectivity index (χ2n) is 34.8. The minimum absolute atomic E-state index is 0.0170. The summed E-state index contributed by atoms with van der Waals surface area (Å²) in [6.07, 6.45) is 8.07. The lowest BCUT2D eigenvalue weighted by Gasteiger charge is -2.31. The number of rotatable bonds is 52. The number of carbonyl (C=O) groups is 12. The number of hydrogen-bond acceptors (Lipinski definition) is 33. The van der Waals surface area contributed by atoms with Gasteiger partial charge in [0.05, 0.1) is 51.9 Å². The average Bonchev–Trinajstić information content (AvgIpc) is 1.65. The Morgan fingerprint density at radius 3 is 1.08 bits per heavy atom. The van der Waals surface area contributed by atoms with Gasteiger partial charge in [0.15, 0.2) is 40.0 Å². The van der Waals surface area contributed by atoms with Crippen LogP contribution in [-0.4, -0.2) is 325 Å². The topological polar surface area (TPSA) is 831 Å². The number of carbonyl (C=O) groups excluding carboxylic acids is 12. The van der Waals surface area contributed by atoms with E-state index in [0.717, 1.165) is 67.4 Å². The molecule has 0 aliphatic rings. The van der Waals surface area contributed by atoms with Crippen molar-refractivity contribution in [2.24, 2.45) is 16.9 Å². The summed E-state index contributed by atoms with van der Waals surface area (Å²) < 4.78 is 5.97. The van der Waals surface area contributed by atoms with Gasteiger partial charge in [-0.05, 0) is 85.3 Å². The second-order valence-corrected chi connectivity index (χ2v) is 34.8. The number of nitrogens with zero attached hydrogens (tertiary/aromatic N) is 18. The molecule has 58 nitrogen and oxygen atoms in total. The summed E-state index contributed by atoms with van der Waals surface area (Å²) in [5.74, 6) is -11.6. The van der Waals surface area contributed by atoms with Crippen LogP contribution in [-0.2, 0) is 96.8 Å². The molecular weight excluding hydrogens is 1840 g/mol. The van der Waals surface area contributed by atoms with E-state index in [1.54, 1.807) is 20.8 Å². The van der Waals surface area contributed by atoms with Crippen LogP contribution in [0.3, 0.4) is 0 Å². The van der Waals surface area contributed by atoms with Gasteiger partial charge in [0.25, 0.3) is 22.2 Å². The fourth-order valence-corrected chi connectivity index (χ4v) is 13.9. The van der Waals surface area contributed by atoms with E-state index in [1.807, 2.05) is 20.8 Å². The minimum Gasteiger partial charge on any atom is -0.383 e. The average molecular weight is 1960 g/mol. The molecular formula is C82H120N38O20. The number of H-pyrrole nitrogens is 4. The molecule has 0 aliphatic carbocycles. The molecule has 758 valence electrons. The fourth-order valence-electron chi connectivity index (χ4n) is 13.9. The predicted molar refractivity (Wildman–Crippen MR) is 505 cm³/mol. The molecule has 0 radical (unpaired) electrons. The number of anilines is 4. The van der Waals surface area contributed by atoms with Gasteiger partial charge in [-0.2, -0.15) is 19.9 Å². The Bertz CT molecular complexity index is 6400. The van der Waals surface area contributed by atoms with Gasteiger partial charge in [0, 0.05) is 137 Å². The van der Waals surface area contributed by atoms with Gasteiger partial charge in [0.2, 0.25) is 76.9 Å². The van der Waals surface area contributed by atoms with Gasteiger partial charge in [0.1, 0.15) is 50.9 Å². The fraction of sp³-hybridized carbons (Fsp3) is 0.512. The molecule has 0 saturated heterocycles. The molecule has 8 aromatic rings. The summed E-state index contributed by atoms with van der Waals surface area (Å²) >= 11 is 0. The Morgan fingerprint density at radius 2 is 0.729 bits per heavy atom. The normalized spacial score (nSPS) is 11.8. The molecule has 0 fully saturated rings. The smallest absolute Gasteiger partial charge is 0.349 e. The van der Waals surface area contributed by atoms with E-state index in [-0.39, 0.29) is 127 Å². The molecule has 2 atom stereocenters. The number of ketones is 1. The number of imidazole rings is 2. The van der Waals surface area contributed by atoms with Crippen LogP contribution < -0.4 is 122 Å². The zero-order valence-corrected chi connectivity index (χ0v) is 78.7. The predicted octanol–water partition coefficient (Wildman–Crippen LogP) is -10.6. The summed E-state index contributed by atoms with van der Waals surface area (Å²) in [6.45, 7) is 1.25. The van der Waals surface area contributed by atoms with Crippen LogP contribution in [0.25, 0.3) is 22.3 Å². The Labute approximate surface area is 795 Å². The molecule has 26 N–H and O–H groups in total. The van der Waals surface area contributed by atoms with E-state index >= 15 is 4.79 Å². The van der Waals surface area contributed by atoms with Gasteiger partial charge in [-0.1, -0.05) is 20.8 Å². The maximum absolute atomic E-state index is 15.0. The van der Waals surface area contributed by atoms with E-state index < -0.39 is 263 Å². The first kappa shape index (κ1) is 109. The maximum atomic E-state index is 15.0. The molecule has 0 aliphatic heterocycles. The Hall–Kier alpha value is -16.6. The largest absolute Gasteiger partial charge is 0.383 e. The van der Waals surface area contributed by atoms with Crippen molar-refractivity contribution in [3.05, 3.63) is 144 Å². The molecule has 8 rings (SSSR count). The summed E-state index contributed by atoms with van der Waals surface area (Å²) in [4.78, 5) is 315. The van der Waals surface area contributed by atoms with E-state index in [0.29, 0.717) is 12.8 Å². The number of fused-ring (bicyclic) bond motifs is 2. The van der Waals surface area contributed by atoms with Crippen molar-refractivity contribution >= 4 is 129 Å². The van der Waals surface area contributed by atoms with Crippen molar-refractivity contribution in [2.45, 2.75) is 151 Å². The third-order valence-electron chi connectivity index (χ3n) is 21.3. The van der Waals surface area contributed by atoms with Crippen LogP contribution in [0.1, 0.15) is 91.2 Å². The molecule has 0 saturated carbocycles. The number of nitrogens with two attached hydrogens (primary N) is 6. The molecule has 0 bridgehead atoms. The number of nitrogens with one attached hydrogen (secondary N) is 14. The number of nitrogen functional groups attached to an aromatic ring is 4. The van der Waals surface area contributed by atoms with E-state index in [2.05, 4.69) is 92.4 Å². The van der Waals surface area contributed by atoms with Crippen molar-refractivity contribution in [3.8, 4) is 0 Å². The van der Waals surface area contributed by atoms with Crippen LogP contribution in [0.15, 0.2) is 87.9 Å². The van der Waals surface area contributed by atoms with Gasteiger partial charge < -0.3 is 115 Å². The lowest BCUT2D eigenvalue weighted by atomic mass is 9.90. The first-order chi connectivity index (χ1) is 65.9. The van der Waals surface area contributed by atoms with Gasteiger partial charge in [-0.15, -0.1) is 0 Å². The highest BCUT2D eigenvalue weighted by atomic mass is 16.2. The van der Waals surface area contributed by atoms with Crippen LogP contribution >= 0.6 is 0 Å². The van der Waals surface area contributed by atoms with Crippen LogP contribution in [0.4, 0.5) is 23.5 Å². The second kappa shape index (κ2) is 50.3.